The minimum atomic E-state index is -0.244. The molecule has 1 atom stereocenters. The van der Waals surface area contributed by atoms with Crippen molar-refractivity contribution in [2.24, 2.45) is 0 Å². The molecule has 3 aromatic rings. The number of aliphatic hydroxyl groups excluding tert-OH is 1. The Morgan fingerprint density at radius 3 is 3.04 bits per heavy atom. The highest BCUT2D eigenvalue weighted by molar-refractivity contribution is 6.04. The van der Waals surface area contributed by atoms with Crippen molar-refractivity contribution in [2.75, 3.05) is 18.9 Å². The van der Waals surface area contributed by atoms with Gasteiger partial charge >= 0.3 is 0 Å². The van der Waals surface area contributed by atoms with Crippen LogP contribution in [0.4, 0.5) is 5.82 Å². The molecule has 0 saturated carbocycles. The first-order valence-electron chi connectivity index (χ1n) is 8.01. The van der Waals surface area contributed by atoms with Crippen LogP contribution < -0.4 is 5.73 Å². The fourth-order valence-corrected chi connectivity index (χ4v) is 3.19. The lowest BCUT2D eigenvalue weighted by molar-refractivity contribution is 0.0680. The number of hydrogen-bond acceptors (Lipinski definition) is 7. The zero-order valence-corrected chi connectivity index (χ0v) is 13.4. The molecule has 1 aliphatic rings. The minimum Gasteiger partial charge on any atom is -0.394 e. The predicted molar refractivity (Wildman–Crippen MR) is 89.6 cm³/mol. The van der Waals surface area contributed by atoms with Crippen LogP contribution in [0, 0.1) is 0 Å². The average Bonchev–Trinajstić information content (AvgIpc) is 3.24. The van der Waals surface area contributed by atoms with Crippen molar-refractivity contribution in [2.45, 2.75) is 18.9 Å². The van der Waals surface area contributed by atoms with Gasteiger partial charge < -0.3 is 15.7 Å². The summed E-state index contributed by atoms with van der Waals surface area (Å²) < 4.78 is 1.49. The lowest BCUT2D eigenvalue weighted by atomic mass is 10.2. The van der Waals surface area contributed by atoms with Crippen LogP contribution in [0.5, 0.6) is 0 Å². The summed E-state index contributed by atoms with van der Waals surface area (Å²) in [6.45, 7) is 0.538. The Hall–Kier alpha value is -3.07. The van der Waals surface area contributed by atoms with E-state index in [0.717, 1.165) is 18.4 Å². The monoisotopic (exact) mass is 339 g/mol. The number of likely N-dealkylation sites (tertiary alicyclic amines) is 1. The predicted octanol–water partition coefficient (Wildman–Crippen LogP) is 0.365. The van der Waals surface area contributed by atoms with Gasteiger partial charge in [-0.15, -0.1) is 5.10 Å². The standard InChI is InChI=1S/C16H17N7O2/c17-14-13(16(25)22-5-1-2-11(22)8-24)15-19-6-10(7-23(15)21-14)12-3-4-18-9-20-12/h3-4,6-7,9,11,24H,1-2,5,8H2,(H2,17,21)/t11-/m0/s1. The molecule has 1 saturated heterocycles. The van der Waals surface area contributed by atoms with Crippen LogP contribution in [0.3, 0.4) is 0 Å². The second kappa shape index (κ2) is 6.10. The Morgan fingerprint density at radius 1 is 1.40 bits per heavy atom. The molecule has 3 aromatic heterocycles. The quantitative estimate of drug-likeness (QED) is 0.706. The maximum Gasteiger partial charge on any atom is 0.261 e. The first-order chi connectivity index (χ1) is 12.2. The molecular formula is C16H17N7O2. The molecule has 9 nitrogen and oxygen atoms in total. The molecule has 0 aliphatic carbocycles. The Kier molecular flexibility index (Phi) is 3.77. The molecule has 0 radical (unpaired) electrons. The molecule has 1 amide bonds. The van der Waals surface area contributed by atoms with Gasteiger partial charge in [0.2, 0.25) is 0 Å². The molecule has 3 N–H and O–H groups in total. The third-order valence-corrected chi connectivity index (χ3v) is 4.44. The number of fused-ring (bicyclic) bond motifs is 1. The van der Waals surface area contributed by atoms with Crippen molar-refractivity contribution >= 4 is 17.4 Å². The smallest absolute Gasteiger partial charge is 0.261 e. The van der Waals surface area contributed by atoms with Gasteiger partial charge in [-0.2, -0.15) is 0 Å². The van der Waals surface area contributed by atoms with Gasteiger partial charge in [-0.3, -0.25) is 4.79 Å². The van der Waals surface area contributed by atoms with Gasteiger partial charge in [-0.1, -0.05) is 0 Å². The normalized spacial score (nSPS) is 17.3. The van der Waals surface area contributed by atoms with E-state index in [1.807, 2.05) is 0 Å². The number of amides is 1. The molecule has 4 heterocycles. The fourth-order valence-electron chi connectivity index (χ4n) is 3.19. The van der Waals surface area contributed by atoms with Crippen molar-refractivity contribution in [3.8, 4) is 11.3 Å². The average molecular weight is 339 g/mol. The van der Waals surface area contributed by atoms with Crippen LogP contribution in [0.1, 0.15) is 23.2 Å². The number of anilines is 1. The second-order valence-electron chi connectivity index (χ2n) is 5.94. The van der Waals surface area contributed by atoms with Crippen LogP contribution in [-0.4, -0.2) is 59.7 Å². The molecule has 0 unspecified atom stereocenters. The summed E-state index contributed by atoms with van der Waals surface area (Å²) in [6.07, 6.45) is 8.10. The number of nitrogens with zero attached hydrogens (tertiary/aromatic N) is 6. The van der Waals surface area contributed by atoms with Crippen LogP contribution >= 0.6 is 0 Å². The maximum absolute atomic E-state index is 12.9. The van der Waals surface area contributed by atoms with Gasteiger partial charge in [0.05, 0.1) is 18.3 Å². The topological polar surface area (TPSA) is 123 Å². The SMILES string of the molecule is Nc1nn2cc(-c3ccncn3)cnc2c1C(=O)N1CCC[C@H]1CO. The first-order valence-corrected chi connectivity index (χ1v) is 8.01. The van der Waals surface area contributed by atoms with Crippen LogP contribution in [0.15, 0.2) is 31.0 Å². The number of nitrogens with two attached hydrogens (primary N) is 1. The summed E-state index contributed by atoms with van der Waals surface area (Å²) in [6, 6.07) is 1.58. The van der Waals surface area contributed by atoms with Crippen molar-refractivity contribution in [1.82, 2.24) is 29.5 Å². The number of aliphatic hydroxyl groups is 1. The van der Waals surface area contributed by atoms with E-state index >= 15 is 0 Å². The van der Waals surface area contributed by atoms with Gasteiger partial charge in [0.15, 0.2) is 11.5 Å². The van der Waals surface area contributed by atoms with Crippen molar-refractivity contribution < 1.29 is 9.90 Å². The van der Waals surface area contributed by atoms with Crippen LogP contribution in [0.25, 0.3) is 16.9 Å². The summed E-state index contributed by atoms with van der Waals surface area (Å²) in [5.41, 5.74) is 8.10. The first kappa shape index (κ1) is 15.5. The highest BCUT2D eigenvalue weighted by atomic mass is 16.3. The zero-order chi connectivity index (χ0) is 17.4. The Bertz CT molecular complexity index is 925. The van der Waals surface area contributed by atoms with Crippen molar-refractivity contribution in [1.29, 1.82) is 0 Å². The maximum atomic E-state index is 12.9. The highest BCUT2D eigenvalue weighted by Crippen LogP contribution is 2.25. The van der Waals surface area contributed by atoms with E-state index in [1.165, 1.54) is 10.8 Å². The van der Waals surface area contributed by atoms with E-state index in [9.17, 15) is 9.90 Å². The molecule has 128 valence electrons. The number of aromatic nitrogens is 5. The molecule has 0 spiro atoms. The highest BCUT2D eigenvalue weighted by Gasteiger charge is 2.32. The van der Waals surface area contributed by atoms with E-state index in [0.29, 0.717) is 17.9 Å². The third-order valence-electron chi connectivity index (χ3n) is 4.44. The Labute approximate surface area is 143 Å². The van der Waals surface area contributed by atoms with E-state index in [1.54, 1.807) is 29.6 Å². The van der Waals surface area contributed by atoms with Gasteiger partial charge in [-0.25, -0.2) is 19.5 Å². The summed E-state index contributed by atoms with van der Waals surface area (Å²) >= 11 is 0. The Balaban J connectivity index is 1.75. The minimum absolute atomic E-state index is 0.0594. The molecule has 1 fully saturated rings. The zero-order valence-electron chi connectivity index (χ0n) is 13.4. The lowest BCUT2D eigenvalue weighted by Crippen LogP contribution is -2.37. The van der Waals surface area contributed by atoms with E-state index in [-0.39, 0.29) is 29.9 Å². The molecule has 9 heteroatoms. The number of carbonyl (C=O) groups is 1. The lowest BCUT2D eigenvalue weighted by Gasteiger charge is -2.22. The van der Waals surface area contributed by atoms with Crippen LogP contribution in [0.2, 0.25) is 0 Å². The number of nitrogen functional groups attached to an aromatic ring is 1. The molecule has 4 rings (SSSR count). The van der Waals surface area contributed by atoms with Gasteiger partial charge in [-0.05, 0) is 18.9 Å². The summed E-state index contributed by atoms with van der Waals surface area (Å²) in [5.74, 6) is -0.118. The third kappa shape index (κ3) is 2.58. The van der Waals surface area contributed by atoms with E-state index in [2.05, 4.69) is 20.1 Å². The second-order valence-corrected chi connectivity index (χ2v) is 5.94. The number of rotatable bonds is 3. The van der Waals surface area contributed by atoms with Gasteiger partial charge in [0.25, 0.3) is 5.91 Å². The van der Waals surface area contributed by atoms with Crippen LogP contribution in [-0.2, 0) is 0 Å². The Morgan fingerprint density at radius 2 is 2.28 bits per heavy atom. The molecule has 25 heavy (non-hydrogen) atoms. The summed E-state index contributed by atoms with van der Waals surface area (Å²) in [5, 5.41) is 13.7. The number of hydrogen-bond donors (Lipinski definition) is 2. The molecule has 1 aliphatic heterocycles. The van der Waals surface area contributed by atoms with E-state index in [4.69, 9.17) is 5.73 Å². The van der Waals surface area contributed by atoms with E-state index < -0.39 is 0 Å². The largest absolute Gasteiger partial charge is 0.394 e. The van der Waals surface area contributed by atoms with Gasteiger partial charge in [0, 0.05) is 30.7 Å². The fraction of sp³-hybridized carbons (Fsp3) is 0.312. The van der Waals surface area contributed by atoms with Gasteiger partial charge in [0.1, 0.15) is 11.9 Å². The van der Waals surface area contributed by atoms with Crippen molar-refractivity contribution in [3.05, 3.63) is 36.5 Å². The van der Waals surface area contributed by atoms with Crippen molar-refractivity contribution in [3.63, 3.8) is 0 Å². The molecule has 0 bridgehead atoms. The summed E-state index contributed by atoms with van der Waals surface area (Å²) in [7, 11) is 0. The molecular weight excluding hydrogens is 322 g/mol. The summed E-state index contributed by atoms with van der Waals surface area (Å²) in [4.78, 5) is 27.0. The molecule has 0 aromatic carbocycles. The number of carbonyl (C=O) groups excluding carboxylic acids is 1.